The highest BCUT2D eigenvalue weighted by Crippen LogP contribution is 2.43. The fourth-order valence-corrected chi connectivity index (χ4v) is 4.71. The zero-order valence-electron chi connectivity index (χ0n) is 21.4. The predicted octanol–water partition coefficient (Wildman–Crippen LogP) is 0.136. The van der Waals surface area contributed by atoms with Crippen molar-refractivity contribution in [2.75, 3.05) is 6.54 Å². The van der Waals surface area contributed by atoms with Crippen LogP contribution < -0.4 is 17.2 Å². The third-order valence-electron chi connectivity index (χ3n) is 6.67. The maximum absolute atomic E-state index is 12.4. The van der Waals surface area contributed by atoms with E-state index in [1.165, 1.54) is 6.92 Å². The molecule has 9 N–H and O–H groups in total. The van der Waals surface area contributed by atoms with Gasteiger partial charge in [-0.05, 0) is 23.3 Å². The molecule has 2 aliphatic rings. The Balaban J connectivity index is 0.000000296. The number of primary amides is 1. The van der Waals surface area contributed by atoms with Gasteiger partial charge in [-0.3, -0.25) is 14.4 Å². The van der Waals surface area contributed by atoms with Crippen LogP contribution in [-0.4, -0.2) is 80.1 Å². The summed E-state index contributed by atoms with van der Waals surface area (Å²) >= 11 is 0. The maximum atomic E-state index is 12.4. The minimum absolute atomic E-state index is 0.160. The number of carbonyl (C=O) groups excluding carboxylic acids is 3. The fraction of sp³-hybridized carbons (Fsp3) is 0.385. The number of nitrogens with zero attached hydrogens (tertiary/aromatic N) is 1. The van der Waals surface area contributed by atoms with Gasteiger partial charge in [0.2, 0.25) is 11.9 Å². The summed E-state index contributed by atoms with van der Waals surface area (Å²) in [5, 5.41) is 27.9. The van der Waals surface area contributed by atoms with E-state index >= 15 is 0 Å². The van der Waals surface area contributed by atoms with Gasteiger partial charge in [-0.2, -0.15) is 4.48 Å². The number of carbonyl (C=O) groups is 6. The zero-order valence-corrected chi connectivity index (χ0v) is 21.4. The SMILES string of the molecule is C[C@H](N)C(=O)O.NC(=O)C[C@H](N)C(=O)O.O=C(O)[C@@H]1[C@H](c2ccc3ccccc3c2)CC[N+]12C(=O)CCC2=O. The molecule has 210 valence electrons. The van der Waals surface area contributed by atoms with Gasteiger partial charge in [-0.15, -0.1) is 0 Å². The molecule has 2 aromatic rings. The minimum Gasteiger partial charge on any atom is -0.480 e. The molecule has 13 nitrogen and oxygen atoms in total. The Morgan fingerprint density at radius 1 is 0.923 bits per heavy atom. The molecule has 2 heterocycles. The molecule has 4 rings (SSSR count). The largest absolute Gasteiger partial charge is 0.480 e. The third kappa shape index (κ3) is 7.22. The van der Waals surface area contributed by atoms with Crippen molar-refractivity contribution in [2.45, 2.75) is 56.7 Å². The van der Waals surface area contributed by atoms with Crippen molar-refractivity contribution in [3.8, 4) is 0 Å². The molecule has 0 aliphatic carbocycles. The first-order valence-electron chi connectivity index (χ1n) is 12.1. The average molecular weight is 546 g/mol. The molecule has 39 heavy (non-hydrogen) atoms. The van der Waals surface area contributed by atoms with Crippen LogP contribution in [0, 0.1) is 0 Å². The Hall–Kier alpha value is -4.20. The van der Waals surface area contributed by atoms with Gasteiger partial charge in [0, 0.05) is 6.42 Å². The first-order chi connectivity index (χ1) is 18.2. The van der Waals surface area contributed by atoms with Crippen molar-refractivity contribution < 1.29 is 48.6 Å². The van der Waals surface area contributed by atoms with Gasteiger partial charge in [0.05, 0.1) is 31.7 Å². The molecular weight excluding hydrogens is 512 g/mol. The van der Waals surface area contributed by atoms with Crippen LogP contribution in [0.5, 0.6) is 0 Å². The number of aliphatic carboxylic acids is 3. The highest BCUT2D eigenvalue weighted by molar-refractivity contribution is 5.95. The minimum atomic E-state index is -1.21. The summed E-state index contributed by atoms with van der Waals surface area (Å²) in [6.45, 7) is 1.72. The number of imide groups is 1. The van der Waals surface area contributed by atoms with Gasteiger partial charge in [-0.1, -0.05) is 42.5 Å². The number of benzene rings is 2. The number of fused-ring (bicyclic) bond motifs is 1. The summed E-state index contributed by atoms with van der Waals surface area (Å²) in [4.78, 5) is 66.3. The lowest BCUT2D eigenvalue weighted by molar-refractivity contribution is -0.778. The molecule has 1 spiro atoms. The van der Waals surface area contributed by atoms with Crippen molar-refractivity contribution in [3.05, 3.63) is 48.0 Å². The number of amides is 3. The van der Waals surface area contributed by atoms with Crippen LogP contribution in [0.15, 0.2) is 42.5 Å². The summed E-state index contributed by atoms with van der Waals surface area (Å²) < 4.78 is -0.493. The normalized spacial score (nSPS) is 20.8. The lowest BCUT2D eigenvalue weighted by atomic mass is 9.89. The highest BCUT2D eigenvalue weighted by Gasteiger charge is 2.64. The molecule has 0 aromatic heterocycles. The number of quaternary nitrogens is 1. The van der Waals surface area contributed by atoms with E-state index in [2.05, 4.69) is 5.73 Å². The Morgan fingerprint density at radius 3 is 1.90 bits per heavy atom. The van der Waals surface area contributed by atoms with Crippen LogP contribution in [0.4, 0.5) is 0 Å². The zero-order chi connectivity index (χ0) is 29.5. The Bertz CT molecular complexity index is 1260. The van der Waals surface area contributed by atoms with Crippen LogP contribution >= 0.6 is 0 Å². The van der Waals surface area contributed by atoms with Gasteiger partial charge >= 0.3 is 29.7 Å². The van der Waals surface area contributed by atoms with Crippen molar-refractivity contribution in [1.29, 1.82) is 0 Å². The fourth-order valence-electron chi connectivity index (χ4n) is 4.71. The average Bonchev–Trinajstić information content (AvgIpc) is 3.41. The molecule has 4 atom stereocenters. The first-order valence-corrected chi connectivity index (χ1v) is 12.1. The molecule has 13 heteroatoms. The topological polar surface area (TPSA) is 241 Å². The van der Waals surface area contributed by atoms with Gasteiger partial charge in [-0.25, -0.2) is 14.4 Å². The Morgan fingerprint density at radius 2 is 1.46 bits per heavy atom. The van der Waals surface area contributed by atoms with Gasteiger partial charge in [0.25, 0.3) is 0 Å². The van der Waals surface area contributed by atoms with Crippen LogP contribution in [0.3, 0.4) is 0 Å². The Kier molecular flexibility index (Phi) is 10.4. The van der Waals surface area contributed by atoms with E-state index in [0.717, 1.165) is 16.3 Å². The Labute approximate surface area is 223 Å². The van der Waals surface area contributed by atoms with Gasteiger partial charge in [0.1, 0.15) is 12.1 Å². The van der Waals surface area contributed by atoms with E-state index in [-0.39, 0.29) is 37.0 Å². The smallest absolute Gasteiger partial charge is 0.364 e. The van der Waals surface area contributed by atoms with Gasteiger partial charge in [0.15, 0.2) is 0 Å². The summed E-state index contributed by atoms with van der Waals surface area (Å²) in [5.74, 6) is -4.74. The molecule has 2 fully saturated rings. The van der Waals surface area contributed by atoms with Crippen LogP contribution in [-0.2, 0) is 28.8 Å². The molecular formula is C26H33N4O9+. The van der Waals surface area contributed by atoms with E-state index < -0.39 is 46.4 Å². The first kappa shape index (κ1) is 31.0. The molecule has 0 bridgehead atoms. The van der Waals surface area contributed by atoms with Crippen molar-refractivity contribution >= 4 is 46.4 Å². The molecule has 2 aliphatic heterocycles. The van der Waals surface area contributed by atoms with E-state index in [4.69, 9.17) is 21.7 Å². The van der Waals surface area contributed by atoms with E-state index in [1.807, 2.05) is 42.5 Å². The van der Waals surface area contributed by atoms with E-state index in [1.54, 1.807) is 0 Å². The molecule has 0 radical (unpaired) electrons. The molecule has 0 unspecified atom stereocenters. The number of carboxylic acid groups (broad SMARTS) is 3. The lowest BCUT2D eigenvalue weighted by Gasteiger charge is -2.29. The van der Waals surface area contributed by atoms with Crippen LogP contribution in [0.25, 0.3) is 10.8 Å². The number of nitrogens with two attached hydrogens (primary N) is 3. The number of carboxylic acids is 3. The summed E-state index contributed by atoms with van der Waals surface area (Å²) in [5.41, 5.74) is 15.3. The van der Waals surface area contributed by atoms with Crippen molar-refractivity contribution in [3.63, 3.8) is 0 Å². The molecule has 3 amide bonds. The van der Waals surface area contributed by atoms with E-state index in [9.17, 15) is 33.9 Å². The van der Waals surface area contributed by atoms with E-state index in [0.29, 0.717) is 13.0 Å². The monoisotopic (exact) mass is 545 g/mol. The van der Waals surface area contributed by atoms with Crippen molar-refractivity contribution in [1.82, 2.24) is 0 Å². The van der Waals surface area contributed by atoms with Crippen molar-refractivity contribution in [2.24, 2.45) is 17.2 Å². The molecule has 0 saturated carbocycles. The number of rotatable bonds is 6. The van der Waals surface area contributed by atoms with Gasteiger partial charge < -0.3 is 32.5 Å². The molecule has 2 aromatic carbocycles. The predicted molar refractivity (Wildman–Crippen MR) is 138 cm³/mol. The second kappa shape index (κ2) is 13.0. The second-order valence-electron chi connectivity index (χ2n) is 9.41. The van der Waals surface area contributed by atoms with Crippen LogP contribution in [0.2, 0.25) is 0 Å². The molecule has 2 saturated heterocycles. The second-order valence-corrected chi connectivity index (χ2v) is 9.41. The summed E-state index contributed by atoms with van der Waals surface area (Å²) in [6.07, 6.45) is 0.544. The highest BCUT2D eigenvalue weighted by atomic mass is 16.4. The standard InChI is InChI=1S/C19H17NO4.C4H8N2O3.C3H7NO2/c21-16-7-8-17(22)20(16)10-9-15(18(20)19(23)24)14-6-5-12-3-1-2-4-13(12)11-14;5-2(4(8)9)1-3(6)7;1-2(4)3(5)6/h1-6,11,15,18H,7-10H2;2H,1,5H2,(H2,6,7)(H,8,9);2H,4H2,1H3,(H,5,6)/p+1/t15-,18-;2*2-/m000/s1. The lowest BCUT2D eigenvalue weighted by Crippen LogP contribution is -2.59. The number of hydrogen-bond donors (Lipinski definition) is 6. The third-order valence-corrected chi connectivity index (χ3v) is 6.67. The quantitative estimate of drug-likeness (QED) is 0.210. The van der Waals surface area contributed by atoms with Crippen LogP contribution in [0.1, 0.15) is 44.1 Å². The summed E-state index contributed by atoms with van der Waals surface area (Å²) in [6, 6.07) is 10.9. The summed E-state index contributed by atoms with van der Waals surface area (Å²) in [7, 11) is 0. The maximum Gasteiger partial charge on any atom is 0.364 e. The number of hydrogen-bond acceptors (Lipinski definition) is 8.